The Hall–Kier alpha value is -1.75. The minimum Gasteiger partial charge on any atom is -0.493 e. The minimum atomic E-state index is -0.0755. The number of nitrogens with two attached hydrogens (primary N) is 1. The van der Waals surface area contributed by atoms with Crippen LogP contribution in [0.1, 0.15) is 23.2 Å². The van der Waals surface area contributed by atoms with Gasteiger partial charge in [0, 0.05) is 27.4 Å². The van der Waals surface area contributed by atoms with Crippen molar-refractivity contribution in [2.24, 2.45) is 0 Å². The number of anilines is 1. The van der Waals surface area contributed by atoms with Crippen LogP contribution in [0.4, 0.5) is 5.69 Å². The predicted octanol–water partition coefficient (Wildman–Crippen LogP) is 3.47. The Morgan fingerprint density at radius 3 is 2.50 bits per heavy atom. The first-order valence-electron chi connectivity index (χ1n) is 6.19. The minimum absolute atomic E-state index is 0.0755. The van der Waals surface area contributed by atoms with Gasteiger partial charge in [-0.15, -0.1) is 0 Å². The molecule has 0 unspecified atom stereocenters. The van der Waals surface area contributed by atoms with Crippen LogP contribution in [0, 0.1) is 0 Å². The van der Waals surface area contributed by atoms with Crippen LogP contribution in [0.5, 0.6) is 11.5 Å². The molecule has 0 amide bonds. The molecule has 5 heteroatoms. The number of ether oxygens (including phenoxy) is 2. The molecule has 1 aliphatic carbocycles. The van der Waals surface area contributed by atoms with Crippen LogP contribution in [-0.2, 0) is 0 Å². The Bertz CT molecular complexity index is 605. The zero-order valence-corrected chi connectivity index (χ0v) is 13.0. The summed E-state index contributed by atoms with van der Waals surface area (Å²) in [6.45, 7) is 0. The summed E-state index contributed by atoms with van der Waals surface area (Å²) in [6, 6.07) is 3.24. The normalized spacial score (nSPS) is 14.3. The van der Waals surface area contributed by atoms with Crippen molar-refractivity contribution in [3.63, 3.8) is 0 Å². The predicted molar refractivity (Wildman–Crippen MR) is 82.6 cm³/mol. The van der Waals surface area contributed by atoms with Gasteiger partial charge in [0.1, 0.15) is 0 Å². The van der Waals surface area contributed by atoms with Crippen molar-refractivity contribution >= 4 is 27.4 Å². The number of halogens is 1. The van der Waals surface area contributed by atoms with Crippen molar-refractivity contribution in [1.82, 2.24) is 0 Å². The summed E-state index contributed by atoms with van der Waals surface area (Å²) in [7, 11) is 3.06. The monoisotopic (exact) mass is 337 g/mol. The second-order valence-corrected chi connectivity index (χ2v) is 5.34. The second kappa shape index (κ2) is 6.13. The van der Waals surface area contributed by atoms with E-state index < -0.39 is 0 Å². The van der Waals surface area contributed by atoms with Gasteiger partial charge in [0.25, 0.3) is 0 Å². The zero-order chi connectivity index (χ0) is 14.7. The summed E-state index contributed by atoms with van der Waals surface area (Å²) in [5.74, 6) is 0.935. The third kappa shape index (κ3) is 2.88. The maximum absolute atomic E-state index is 12.5. The van der Waals surface area contributed by atoms with Gasteiger partial charge in [-0.25, -0.2) is 0 Å². The van der Waals surface area contributed by atoms with Crippen LogP contribution < -0.4 is 15.2 Å². The summed E-state index contributed by atoms with van der Waals surface area (Å²) in [5.41, 5.74) is 7.52. The molecule has 0 spiro atoms. The highest BCUT2D eigenvalue weighted by Crippen LogP contribution is 2.34. The fraction of sp³-hybridized carbons (Fsp3) is 0.267. The molecule has 1 aromatic carbocycles. The van der Waals surface area contributed by atoms with E-state index in [-0.39, 0.29) is 5.78 Å². The van der Waals surface area contributed by atoms with Crippen LogP contribution >= 0.6 is 15.9 Å². The topological polar surface area (TPSA) is 61.5 Å². The fourth-order valence-corrected chi connectivity index (χ4v) is 2.61. The van der Waals surface area contributed by atoms with E-state index in [2.05, 4.69) is 15.9 Å². The average molecular weight is 338 g/mol. The number of carbonyl (C=O) groups is 1. The van der Waals surface area contributed by atoms with E-state index in [9.17, 15) is 4.79 Å². The summed E-state index contributed by atoms with van der Waals surface area (Å²) >= 11 is 3.40. The van der Waals surface area contributed by atoms with Crippen LogP contribution in [0.15, 0.2) is 34.3 Å². The maximum atomic E-state index is 12.5. The number of rotatable bonds is 4. The van der Waals surface area contributed by atoms with Gasteiger partial charge in [-0.05, 0) is 25.0 Å². The van der Waals surface area contributed by atoms with Crippen molar-refractivity contribution in [2.45, 2.75) is 12.8 Å². The molecule has 0 saturated carbocycles. The number of benzene rings is 1. The Morgan fingerprint density at radius 2 is 1.90 bits per heavy atom. The van der Waals surface area contributed by atoms with Gasteiger partial charge < -0.3 is 15.2 Å². The largest absolute Gasteiger partial charge is 0.493 e. The van der Waals surface area contributed by atoms with Gasteiger partial charge in [-0.3, -0.25) is 4.79 Å². The molecule has 0 aromatic heterocycles. The summed E-state index contributed by atoms with van der Waals surface area (Å²) in [4.78, 5) is 12.5. The van der Waals surface area contributed by atoms with Crippen molar-refractivity contribution < 1.29 is 14.3 Å². The van der Waals surface area contributed by atoms with Crippen molar-refractivity contribution in [1.29, 1.82) is 0 Å². The summed E-state index contributed by atoms with van der Waals surface area (Å²) < 4.78 is 11.3. The SMILES string of the molecule is COc1cc(N)c(C(=O)C2=CC(Br)=CCC2)cc1OC. The van der Waals surface area contributed by atoms with Crippen molar-refractivity contribution in [3.05, 3.63) is 39.9 Å². The number of allylic oxidation sites excluding steroid dienone is 4. The first-order valence-corrected chi connectivity index (χ1v) is 6.98. The smallest absolute Gasteiger partial charge is 0.191 e. The van der Waals surface area contributed by atoms with E-state index in [0.29, 0.717) is 29.2 Å². The Labute approximate surface area is 126 Å². The number of hydrogen-bond acceptors (Lipinski definition) is 4. The van der Waals surface area contributed by atoms with Crippen molar-refractivity contribution in [2.75, 3.05) is 20.0 Å². The third-order valence-electron chi connectivity index (χ3n) is 3.16. The Kier molecular flexibility index (Phi) is 4.49. The van der Waals surface area contributed by atoms with E-state index in [4.69, 9.17) is 15.2 Å². The van der Waals surface area contributed by atoms with Gasteiger partial charge in [0.05, 0.1) is 14.2 Å². The molecule has 0 saturated heterocycles. The fourth-order valence-electron chi connectivity index (χ4n) is 2.11. The molecule has 2 N–H and O–H groups in total. The Morgan fingerprint density at radius 1 is 1.25 bits per heavy atom. The lowest BCUT2D eigenvalue weighted by Gasteiger charge is -2.14. The standard InChI is InChI=1S/C15H16BrNO3/c1-19-13-7-11(12(17)8-14(13)20-2)15(18)9-4-3-5-10(16)6-9/h5-8H,3-4,17H2,1-2H3. The molecule has 0 heterocycles. The van der Waals surface area contributed by atoms with Gasteiger partial charge in [0.15, 0.2) is 17.3 Å². The molecule has 1 aromatic rings. The number of hydrogen-bond donors (Lipinski definition) is 1. The molecule has 0 aliphatic heterocycles. The van der Waals surface area contributed by atoms with Gasteiger partial charge in [-0.1, -0.05) is 22.0 Å². The molecule has 0 bridgehead atoms. The molecule has 106 valence electrons. The highest BCUT2D eigenvalue weighted by atomic mass is 79.9. The zero-order valence-electron chi connectivity index (χ0n) is 11.4. The first kappa shape index (κ1) is 14.7. The molecular formula is C15H16BrNO3. The lowest BCUT2D eigenvalue weighted by atomic mass is 9.95. The van der Waals surface area contributed by atoms with Gasteiger partial charge in [0.2, 0.25) is 0 Å². The number of carbonyl (C=O) groups excluding carboxylic acids is 1. The van der Waals surface area contributed by atoms with E-state index in [1.807, 2.05) is 12.2 Å². The highest BCUT2D eigenvalue weighted by Gasteiger charge is 2.19. The molecule has 0 atom stereocenters. The molecule has 0 fully saturated rings. The van der Waals surface area contributed by atoms with Crippen molar-refractivity contribution in [3.8, 4) is 11.5 Å². The second-order valence-electron chi connectivity index (χ2n) is 4.42. The number of methoxy groups -OCH3 is 2. The highest BCUT2D eigenvalue weighted by molar-refractivity contribution is 9.11. The van der Waals surface area contributed by atoms with Gasteiger partial charge in [-0.2, -0.15) is 0 Å². The Balaban J connectivity index is 2.42. The lowest BCUT2D eigenvalue weighted by molar-refractivity contribution is 0.103. The summed E-state index contributed by atoms with van der Waals surface area (Å²) in [6.07, 6.45) is 5.42. The molecule has 0 radical (unpaired) electrons. The molecule has 2 rings (SSSR count). The summed E-state index contributed by atoms with van der Waals surface area (Å²) in [5, 5.41) is 0. The average Bonchev–Trinajstić information content (AvgIpc) is 2.46. The first-order chi connectivity index (χ1) is 9.56. The third-order valence-corrected chi connectivity index (χ3v) is 3.71. The number of Topliss-reactive ketones (excluding diaryl/α,β-unsaturated/α-hetero) is 1. The molecule has 1 aliphatic rings. The molecular weight excluding hydrogens is 322 g/mol. The van der Waals surface area contributed by atoms with E-state index in [0.717, 1.165) is 16.5 Å². The van der Waals surface area contributed by atoms with Crippen LogP contribution in [0.2, 0.25) is 0 Å². The lowest BCUT2D eigenvalue weighted by Crippen LogP contribution is -2.09. The van der Waals surface area contributed by atoms with E-state index in [1.165, 1.54) is 14.2 Å². The quantitative estimate of drug-likeness (QED) is 0.675. The number of ketones is 1. The van der Waals surface area contributed by atoms with Crippen LogP contribution in [0.3, 0.4) is 0 Å². The molecule has 20 heavy (non-hydrogen) atoms. The van der Waals surface area contributed by atoms with Crippen LogP contribution in [0.25, 0.3) is 0 Å². The van der Waals surface area contributed by atoms with Crippen LogP contribution in [-0.4, -0.2) is 20.0 Å². The van der Waals surface area contributed by atoms with E-state index in [1.54, 1.807) is 12.1 Å². The molecule has 4 nitrogen and oxygen atoms in total. The maximum Gasteiger partial charge on any atom is 0.191 e. The van der Waals surface area contributed by atoms with Gasteiger partial charge >= 0.3 is 0 Å². The van der Waals surface area contributed by atoms with E-state index >= 15 is 0 Å². The number of nitrogen functional groups attached to an aromatic ring is 1.